The Kier molecular flexibility index (Phi) is 3.91. The summed E-state index contributed by atoms with van der Waals surface area (Å²) in [6.45, 7) is 2.92. The topological polar surface area (TPSA) is 64.2 Å². The number of ether oxygens (including phenoxy) is 2. The molecule has 1 N–H and O–H groups in total. The lowest BCUT2D eigenvalue weighted by Gasteiger charge is -2.15. The number of nitrogens with zero attached hydrogens (tertiary/aromatic N) is 1. The molecule has 1 saturated carbocycles. The van der Waals surface area contributed by atoms with E-state index in [1.165, 1.54) is 6.07 Å². The molecule has 0 aromatic carbocycles. The van der Waals surface area contributed by atoms with Crippen molar-refractivity contribution in [2.75, 3.05) is 13.7 Å². The Morgan fingerprint density at radius 1 is 1.59 bits per heavy atom. The minimum Gasteiger partial charge on any atom is -0.378 e. The van der Waals surface area contributed by atoms with Gasteiger partial charge in [-0.3, -0.25) is 4.79 Å². The molecule has 1 aromatic heterocycles. The van der Waals surface area contributed by atoms with Gasteiger partial charge in [-0.25, -0.2) is 4.98 Å². The maximum atomic E-state index is 11.5. The molecule has 2 rings (SSSR count). The highest BCUT2D eigenvalue weighted by molar-refractivity contribution is 5.06. The smallest absolute Gasteiger partial charge is 0.251 e. The first-order valence-electron chi connectivity index (χ1n) is 5.95. The molecule has 1 atom stereocenters. The van der Waals surface area contributed by atoms with Crippen LogP contribution < -0.4 is 5.56 Å². The Morgan fingerprint density at radius 2 is 2.35 bits per heavy atom. The lowest BCUT2D eigenvalue weighted by atomic mass is 10.2. The maximum absolute atomic E-state index is 11.5. The van der Waals surface area contributed by atoms with Crippen molar-refractivity contribution in [3.05, 3.63) is 27.9 Å². The average Bonchev–Trinajstić information content (AvgIpc) is 3.09. The Labute approximate surface area is 100 Å². The van der Waals surface area contributed by atoms with Gasteiger partial charge in [-0.2, -0.15) is 0 Å². The zero-order valence-corrected chi connectivity index (χ0v) is 10.2. The van der Waals surface area contributed by atoms with Crippen LogP contribution >= 0.6 is 0 Å². The standard InChI is InChI=1S/C12H18N2O3/c1-3-17-11(8-4-5-8)12-13-9(7-16-2)6-10(15)14-12/h6,8,11H,3-5,7H2,1-2H3,(H,13,14,15). The van der Waals surface area contributed by atoms with E-state index in [9.17, 15) is 4.79 Å². The molecule has 1 aromatic rings. The number of rotatable bonds is 6. The van der Waals surface area contributed by atoms with Gasteiger partial charge in [0.25, 0.3) is 5.56 Å². The van der Waals surface area contributed by atoms with Crippen LogP contribution in [-0.4, -0.2) is 23.7 Å². The summed E-state index contributed by atoms with van der Waals surface area (Å²) in [4.78, 5) is 18.7. The van der Waals surface area contributed by atoms with E-state index in [1.54, 1.807) is 7.11 Å². The molecule has 1 aliphatic rings. The predicted molar refractivity (Wildman–Crippen MR) is 62.7 cm³/mol. The Morgan fingerprint density at radius 3 is 2.94 bits per heavy atom. The summed E-state index contributed by atoms with van der Waals surface area (Å²) >= 11 is 0. The van der Waals surface area contributed by atoms with Gasteiger partial charge < -0.3 is 14.5 Å². The van der Waals surface area contributed by atoms with E-state index < -0.39 is 0 Å². The van der Waals surface area contributed by atoms with Crippen LogP contribution in [0.2, 0.25) is 0 Å². The largest absolute Gasteiger partial charge is 0.378 e. The van der Waals surface area contributed by atoms with Gasteiger partial charge in [-0.1, -0.05) is 0 Å². The maximum Gasteiger partial charge on any atom is 0.251 e. The van der Waals surface area contributed by atoms with Crippen LogP contribution in [0.15, 0.2) is 10.9 Å². The normalized spacial score (nSPS) is 17.1. The van der Waals surface area contributed by atoms with Crippen LogP contribution in [0.5, 0.6) is 0 Å². The molecule has 0 radical (unpaired) electrons. The summed E-state index contributed by atoms with van der Waals surface area (Å²) in [5, 5.41) is 0. The van der Waals surface area contributed by atoms with Crippen molar-refractivity contribution in [1.82, 2.24) is 9.97 Å². The van der Waals surface area contributed by atoms with Gasteiger partial charge in [0.2, 0.25) is 0 Å². The lowest BCUT2D eigenvalue weighted by Crippen LogP contribution is -2.19. The molecule has 94 valence electrons. The Balaban J connectivity index is 2.25. The number of aromatic amines is 1. The first-order chi connectivity index (χ1) is 8.24. The fourth-order valence-electron chi connectivity index (χ4n) is 1.90. The van der Waals surface area contributed by atoms with Gasteiger partial charge in [0.15, 0.2) is 0 Å². The van der Waals surface area contributed by atoms with Crippen molar-refractivity contribution in [1.29, 1.82) is 0 Å². The van der Waals surface area contributed by atoms with Crippen LogP contribution in [0.4, 0.5) is 0 Å². The number of aromatic nitrogens is 2. The van der Waals surface area contributed by atoms with Gasteiger partial charge in [-0.05, 0) is 25.7 Å². The molecule has 0 aliphatic heterocycles. The quantitative estimate of drug-likeness (QED) is 0.813. The second kappa shape index (κ2) is 5.42. The molecular weight excluding hydrogens is 220 g/mol. The van der Waals surface area contributed by atoms with E-state index in [4.69, 9.17) is 9.47 Å². The van der Waals surface area contributed by atoms with Gasteiger partial charge in [-0.15, -0.1) is 0 Å². The summed E-state index contributed by atoms with van der Waals surface area (Å²) in [6, 6.07) is 1.46. The number of nitrogens with one attached hydrogen (secondary N) is 1. The molecule has 1 unspecified atom stereocenters. The number of methoxy groups -OCH3 is 1. The second-order valence-electron chi connectivity index (χ2n) is 4.27. The van der Waals surface area contributed by atoms with E-state index in [2.05, 4.69) is 9.97 Å². The van der Waals surface area contributed by atoms with E-state index in [-0.39, 0.29) is 11.7 Å². The fourth-order valence-corrected chi connectivity index (χ4v) is 1.90. The third kappa shape index (κ3) is 3.14. The predicted octanol–water partition coefficient (Wildman–Crippen LogP) is 1.40. The van der Waals surface area contributed by atoms with Gasteiger partial charge in [0.1, 0.15) is 11.9 Å². The molecule has 17 heavy (non-hydrogen) atoms. The summed E-state index contributed by atoms with van der Waals surface area (Å²) in [5.74, 6) is 1.13. The van der Waals surface area contributed by atoms with Crippen LogP contribution in [-0.2, 0) is 16.1 Å². The van der Waals surface area contributed by atoms with Gasteiger partial charge in [0, 0.05) is 19.8 Å². The average molecular weight is 238 g/mol. The van der Waals surface area contributed by atoms with Crippen LogP contribution in [0.1, 0.15) is 37.4 Å². The molecule has 1 heterocycles. The molecule has 0 spiro atoms. The van der Waals surface area contributed by atoms with Crippen molar-refractivity contribution in [2.45, 2.75) is 32.5 Å². The van der Waals surface area contributed by atoms with E-state index >= 15 is 0 Å². The molecule has 5 nitrogen and oxygen atoms in total. The summed E-state index contributed by atoms with van der Waals surface area (Å²) in [5.41, 5.74) is 0.504. The zero-order valence-electron chi connectivity index (χ0n) is 10.2. The van der Waals surface area contributed by atoms with E-state index in [0.717, 1.165) is 12.8 Å². The van der Waals surface area contributed by atoms with Crippen molar-refractivity contribution in [3.8, 4) is 0 Å². The number of hydrogen-bond donors (Lipinski definition) is 1. The van der Waals surface area contributed by atoms with E-state index in [0.29, 0.717) is 30.7 Å². The highest BCUT2D eigenvalue weighted by Gasteiger charge is 2.34. The third-order valence-corrected chi connectivity index (χ3v) is 2.77. The molecule has 5 heteroatoms. The number of hydrogen-bond acceptors (Lipinski definition) is 4. The van der Waals surface area contributed by atoms with Crippen LogP contribution in [0.25, 0.3) is 0 Å². The van der Waals surface area contributed by atoms with Gasteiger partial charge in [0.05, 0.1) is 12.3 Å². The third-order valence-electron chi connectivity index (χ3n) is 2.77. The number of H-pyrrole nitrogens is 1. The molecule has 0 bridgehead atoms. The molecular formula is C12H18N2O3. The first kappa shape index (κ1) is 12.3. The second-order valence-corrected chi connectivity index (χ2v) is 4.27. The van der Waals surface area contributed by atoms with Crippen LogP contribution in [0, 0.1) is 5.92 Å². The summed E-state index contributed by atoms with van der Waals surface area (Å²) < 4.78 is 10.7. The van der Waals surface area contributed by atoms with Crippen LogP contribution in [0.3, 0.4) is 0 Å². The van der Waals surface area contributed by atoms with Crippen molar-refractivity contribution < 1.29 is 9.47 Å². The van der Waals surface area contributed by atoms with Crippen molar-refractivity contribution in [2.24, 2.45) is 5.92 Å². The highest BCUT2D eigenvalue weighted by atomic mass is 16.5. The minimum absolute atomic E-state index is 0.0792. The first-order valence-corrected chi connectivity index (χ1v) is 5.95. The fraction of sp³-hybridized carbons (Fsp3) is 0.667. The Bertz CT molecular complexity index is 426. The molecule has 0 amide bonds. The van der Waals surface area contributed by atoms with E-state index in [1.807, 2.05) is 6.92 Å². The minimum atomic E-state index is -0.146. The zero-order chi connectivity index (χ0) is 12.3. The summed E-state index contributed by atoms with van der Waals surface area (Å²) in [7, 11) is 1.59. The molecule has 1 fully saturated rings. The van der Waals surface area contributed by atoms with Crippen molar-refractivity contribution >= 4 is 0 Å². The monoisotopic (exact) mass is 238 g/mol. The van der Waals surface area contributed by atoms with Crippen molar-refractivity contribution in [3.63, 3.8) is 0 Å². The Hall–Kier alpha value is -1.20. The SMILES string of the molecule is CCOC(c1nc(COC)cc(=O)[nH]1)C1CC1. The molecule has 0 saturated heterocycles. The highest BCUT2D eigenvalue weighted by Crippen LogP contribution is 2.41. The lowest BCUT2D eigenvalue weighted by molar-refractivity contribution is 0.0393. The van der Waals surface area contributed by atoms with Gasteiger partial charge >= 0.3 is 0 Å². The summed E-state index contributed by atoms with van der Waals surface area (Å²) in [6.07, 6.45) is 2.20. The molecule has 1 aliphatic carbocycles.